The number of benzene rings is 2. The molecule has 2 saturated heterocycles. The fourth-order valence-corrected chi connectivity index (χ4v) is 5.06. The predicted molar refractivity (Wildman–Crippen MR) is 133 cm³/mol. The van der Waals surface area contributed by atoms with E-state index in [0.717, 1.165) is 0 Å². The monoisotopic (exact) mass is 554 g/mol. The van der Waals surface area contributed by atoms with E-state index in [9.17, 15) is 17.4 Å². The maximum atomic E-state index is 14.2. The van der Waals surface area contributed by atoms with Gasteiger partial charge in [-0.1, -0.05) is 0 Å². The second-order valence-electron chi connectivity index (χ2n) is 9.00. The molecule has 0 unspecified atom stereocenters. The van der Waals surface area contributed by atoms with E-state index in [4.69, 9.17) is 23.7 Å². The standard InChI is InChI=1S/C24H25F3N4O6S/c1-33-18-9-34-22-19(10-35-21(18)22)36-16-6-12(25)4-5-14(16)30-23-20-15(28-11-29-23)7-13(31-38(2,3)32)8-17(20)37-24(26)27/h4-8,11,18-19,21-22,24H,9-10H2,1-3H3,(H,28,29,30)/t18-,19-,21-,22-/m1/s1. The first-order valence-electron chi connectivity index (χ1n) is 11.5. The molecule has 0 amide bonds. The highest BCUT2D eigenvalue weighted by Gasteiger charge is 2.49. The maximum Gasteiger partial charge on any atom is 0.387 e. The SMILES string of the molecule is CO[C@@H]1CO[C@H]2[C@@H]1OC[C@H]2Oc1cc(F)ccc1Nc1ncnc2cc(N=S(C)(C)=O)cc(OC(F)F)c12. The van der Waals surface area contributed by atoms with Crippen LogP contribution in [0.1, 0.15) is 0 Å². The number of anilines is 2. The van der Waals surface area contributed by atoms with Crippen molar-refractivity contribution in [1.29, 1.82) is 0 Å². The molecule has 2 fully saturated rings. The molecule has 10 nitrogen and oxygen atoms in total. The molecule has 4 atom stereocenters. The normalized spacial score (nSPS) is 23.0. The highest BCUT2D eigenvalue weighted by Crippen LogP contribution is 2.39. The fraction of sp³-hybridized carbons (Fsp3) is 0.417. The molecule has 5 rings (SSSR count). The average Bonchev–Trinajstić information content (AvgIpc) is 3.42. The van der Waals surface area contributed by atoms with E-state index in [1.54, 1.807) is 7.11 Å². The minimum Gasteiger partial charge on any atom is -0.483 e. The van der Waals surface area contributed by atoms with Crippen molar-refractivity contribution in [1.82, 2.24) is 9.97 Å². The van der Waals surface area contributed by atoms with Gasteiger partial charge in [0.2, 0.25) is 0 Å². The summed E-state index contributed by atoms with van der Waals surface area (Å²) in [5.74, 6) is -0.592. The van der Waals surface area contributed by atoms with Crippen LogP contribution >= 0.6 is 0 Å². The summed E-state index contributed by atoms with van der Waals surface area (Å²) in [4.78, 5) is 8.34. The van der Waals surface area contributed by atoms with Crippen LogP contribution in [-0.4, -0.2) is 78.0 Å². The molecule has 3 heterocycles. The number of aromatic nitrogens is 2. The molecule has 2 aromatic carbocycles. The summed E-state index contributed by atoms with van der Waals surface area (Å²) in [6, 6.07) is 6.55. The average molecular weight is 555 g/mol. The Morgan fingerprint density at radius 3 is 2.53 bits per heavy atom. The van der Waals surface area contributed by atoms with Gasteiger partial charge in [0.25, 0.3) is 0 Å². The molecule has 0 spiro atoms. The zero-order valence-corrected chi connectivity index (χ0v) is 21.4. The number of alkyl halides is 2. The highest BCUT2D eigenvalue weighted by atomic mass is 32.2. The molecular formula is C24H25F3N4O6S. The molecular weight excluding hydrogens is 529 g/mol. The van der Waals surface area contributed by atoms with E-state index < -0.39 is 34.4 Å². The topological polar surface area (TPSA) is 113 Å². The van der Waals surface area contributed by atoms with Crippen LogP contribution < -0.4 is 14.8 Å². The van der Waals surface area contributed by atoms with Crippen LogP contribution in [0.15, 0.2) is 41.0 Å². The minimum atomic E-state index is -3.16. The molecule has 38 heavy (non-hydrogen) atoms. The summed E-state index contributed by atoms with van der Waals surface area (Å²) in [6.07, 6.45) is 2.56. The first-order chi connectivity index (χ1) is 18.1. The summed E-state index contributed by atoms with van der Waals surface area (Å²) in [5.41, 5.74) is 0.669. The molecule has 3 aromatic rings. The number of rotatable bonds is 8. The van der Waals surface area contributed by atoms with Crippen molar-refractivity contribution < 1.29 is 41.1 Å². The van der Waals surface area contributed by atoms with E-state index >= 15 is 0 Å². The fourth-order valence-electron chi connectivity index (χ4n) is 4.45. The molecule has 0 aliphatic carbocycles. The highest BCUT2D eigenvalue weighted by molar-refractivity contribution is 7.92. The van der Waals surface area contributed by atoms with Crippen LogP contribution in [0.5, 0.6) is 11.5 Å². The smallest absolute Gasteiger partial charge is 0.387 e. The van der Waals surface area contributed by atoms with E-state index in [-0.39, 0.29) is 52.7 Å². The van der Waals surface area contributed by atoms with Gasteiger partial charge in [0.15, 0.2) is 6.10 Å². The quantitative estimate of drug-likeness (QED) is 0.441. The maximum absolute atomic E-state index is 14.2. The number of nitrogens with zero attached hydrogens (tertiary/aromatic N) is 3. The lowest BCUT2D eigenvalue weighted by Gasteiger charge is -2.21. The lowest BCUT2D eigenvalue weighted by molar-refractivity contribution is -0.0487. The number of hydrogen-bond donors (Lipinski definition) is 1. The van der Waals surface area contributed by atoms with Crippen LogP contribution in [0.4, 0.5) is 30.4 Å². The lowest BCUT2D eigenvalue weighted by atomic mass is 10.1. The minimum absolute atomic E-state index is 0.0968. The second-order valence-corrected chi connectivity index (χ2v) is 11.5. The largest absolute Gasteiger partial charge is 0.483 e. The molecule has 0 bridgehead atoms. The molecule has 0 radical (unpaired) electrons. The number of nitrogens with one attached hydrogen (secondary N) is 1. The van der Waals surface area contributed by atoms with Gasteiger partial charge in [0.1, 0.15) is 47.8 Å². The summed E-state index contributed by atoms with van der Waals surface area (Å²) in [7, 11) is -1.02. The summed E-state index contributed by atoms with van der Waals surface area (Å²) in [5, 5.41) is 3.13. The molecule has 2 aliphatic heterocycles. The Balaban J connectivity index is 1.51. The van der Waals surface area contributed by atoms with Crippen molar-refractivity contribution in [2.45, 2.75) is 31.0 Å². The van der Waals surface area contributed by atoms with Gasteiger partial charge in [-0.05, 0) is 18.2 Å². The predicted octanol–water partition coefficient (Wildman–Crippen LogP) is 4.03. The Morgan fingerprint density at radius 2 is 1.82 bits per heavy atom. The summed E-state index contributed by atoms with van der Waals surface area (Å²) in [6.45, 7) is -2.60. The van der Waals surface area contributed by atoms with Crippen LogP contribution in [-0.2, 0) is 23.9 Å². The van der Waals surface area contributed by atoms with E-state index in [2.05, 4.69) is 19.6 Å². The van der Waals surface area contributed by atoms with E-state index in [1.165, 1.54) is 49.2 Å². The van der Waals surface area contributed by atoms with Crippen molar-refractivity contribution in [2.75, 3.05) is 38.2 Å². The van der Waals surface area contributed by atoms with Crippen LogP contribution in [0.3, 0.4) is 0 Å². The third-order valence-corrected chi connectivity index (χ3v) is 6.62. The molecule has 204 valence electrons. The van der Waals surface area contributed by atoms with Crippen molar-refractivity contribution in [3.05, 3.63) is 42.5 Å². The van der Waals surface area contributed by atoms with E-state index in [1.807, 2.05) is 0 Å². The Kier molecular flexibility index (Phi) is 7.31. The molecule has 2 aliphatic rings. The van der Waals surface area contributed by atoms with Crippen molar-refractivity contribution >= 4 is 37.8 Å². The number of methoxy groups -OCH3 is 1. The van der Waals surface area contributed by atoms with Crippen molar-refractivity contribution in [3.63, 3.8) is 0 Å². The number of fused-ring (bicyclic) bond motifs is 2. The molecule has 1 N–H and O–H groups in total. The Labute approximate surface area is 216 Å². The summed E-state index contributed by atoms with van der Waals surface area (Å²) >= 11 is 0. The van der Waals surface area contributed by atoms with Crippen LogP contribution in [0, 0.1) is 5.82 Å². The number of hydrogen-bond acceptors (Lipinski definition) is 10. The Bertz CT molecular complexity index is 1460. The van der Waals surface area contributed by atoms with Crippen molar-refractivity contribution in [2.24, 2.45) is 4.36 Å². The van der Waals surface area contributed by atoms with E-state index in [0.29, 0.717) is 12.3 Å². The lowest BCUT2D eigenvalue weighted by Crippen LogP contribution is -2.35. The third kappa shape index (κ3) is 5.62. The zero-order valence-electron chi connectivity index (χ0n) is 20.6. The van der Waals surface area contributed by atoms with Crippen molar-refractivity contribution in [3.8, 4) is 11.5 Å². The van der Waals surface area contributed by atoms with Crippen LogP contribution in [0.25, 0.3) is 10.9 Å². The van der Waals surface area contributed by atoms with Gasteiger partial charge in [-0.3, -0.25) is 0 Å². The second kappa shape index (κ2) is 10.5. The van der Waals surface area contributed by atoms with Gasteiger partial charge in [0, 0.05) is 41.5 Å². The van der Waals surface area contributed by atoms with Crippen LogP contribution in [0.2, 0.25) is 0 Å². The van der Waals surface area contributed by atoms with Gasteiger partial charge in [0.05, 0.1) is 35.5 Å². The Morgan fingerprint density at radius 1 is 1.08 bits per heavy atom. The zero-order chi connectivity index (χ0) is 27.0. The Hall–Kier alpha value is -3.20. The molecule has 1 aromatic heterocycles. The van der Waals surface area contributed by atoms with Gasteiger partial charge in [-0.2, -0.15) is 13.1 Å². The van der Waals surface area contributed by atoms with Gasteiger partial charge in [-0.25, -0.2) is 18.6 Å². The van der Waals surface area contributed by atoms with Gasteiger partial charge in [-0.15, -0.1) is 0 Å². The van der Waals surface area contributed by atoms with Gasteiger partial charge < -0.3 is 29.0 Å². The third-order valence-electron chi connectivity index (χ3n) is 5.97. The number of ether oxygens (including phenoxy) is 5. The first kappa shape index (κ1) is 26.4. The molecule has 14 heteroatoms. The first-order valence-corrected chi connectivity index (χ1v) is 13.8. The summed E-state index contributed by atoms with van der Waals surface area (Å²) < 4.78 is 84.9. The van der Waals surface area contributed by atoms with Gasteiger partial charge >= 0.3 is 6.61 Å². The number of halogens is 3. The molecule has 0 saturated carbocycles.